The Bertz CT molecular complexity index is 726. The molecule has 7 nitrogen and oxygen atoms in total. The summed E-state index contributed by atoms with van der Waals surface area (Å²) in [6.07, 6.45) is 2.06. The van der Waals surface area contributed by atoms with Gasteiger partial charge < -0.3 is 16.0 Å². The number of hydrogen-bond acceptors (Lipinski definition) is 5. The van der Waals surface area contributed by atoms with Gasteiger partial charge in [-0.05, 0) is 43.2 Å². The number of anilines is 3. The van der Waals surface area contributed by atoms with Crippen molar-refractivity contribution in [3.63, 3.8) is 0 Å². The number of nitrogens with zero attached hydrogens (tertiary/aromatic N) is 2. The van der Waals surface area contributed by atoms with Crippen LogP contribution in [0.5, 0.6) is 0 Å². The zero-order valence-corrected chi connectivity index (χ0v) is 12.7. The summed E-state index contributed by atoms with van der Waals surface area (Å²) in [7, 11) is 0. The van der Waals surface area contributed by atoms with Gasteiger partial charge in [0.15, 0.2) is 11.5 Å². The van der Waals surface area contributed by atoms with Crippen molar-refractivity contribution in [3.8, 4) is 0 Å². The monoisotopic (exact) mass is 311 g/mol. The van der Waals surface area contributed by atoms with E-state index in [9.17, 15) is 9.59 Å². The second kappa shape index (κ2) is 6.43. The van der Waals surface area contributed by atoms with E-state index in [0.717, 1.165) is 18.5 Å². The van der Waals surface area contributed by atoms with Gasteiger partial charge >= 0.3 is 0 Å². The van der Waals surface area contributed by atoms with E-state index in [1.54, 1.807) is 24.3 Å². The molecule has 3 N–H and O–H groups in total. The first-order valence-corrected chi connectivity index (χ1v) is 7.39. The lowest BCUT2D eigenvalue weighted by molar-refractivity contribution is -0.114. The fourth-order valence-electron chi connectivity index (χ4n) is 2.03. The SMILES string of the molecule is CC(=O)Nc1cccc(Nc2ccc(C(=O)NC3CC3)nn2)c1. The van der Waals surface area contributed by atoms with Gasteiger partial charge in [0.2, 0.25) is 5.91 Å². The summed E-state index contributed by atoms with van der Waals surface area (Å²) in [6, 6.07) is 10.9. The molecule has 0 unspecified atom stereocenters. The van der Waals surface area contributed by atoms with E-state index < -0.39 is 0 Å². The highest BCUT2D eigenvalue weighted by Gasteiger charge is 2.24. The molecule has 1 aliphatic rings. The summed E-state index contributed by atoms with van der Waals surface area (Å²) < 4.78 is 0. The summed E-state index contributed by atoms with van der Waals surface area (Å²) in [4.78, 5) is 22.9. The molecule has 2 aromatic rings. The average Bonchev–Trinajstić information content (AvgIpc) is 3.31. The topological polar surface area (TPSA) is 96.0 Å². The zero-order valence-electron chi connectivity index (χ0n) is 12.7. The molecule has 1 saturated carbocycles. The van der Waals surface area contributed by atoms with E-state index in [1.807, 2.05) is 12.1 Å². The second-order valence-corrected chi connectivity index (χ2v) is 5.44. The Balaban J connectivity index is 1.65. The summed E-state index contributed by atoms with van der Waals surface area (Å²) >= 11 is 0. The molecule has 1 heterocycles. The third kappa shape index (κ3) is 4.26. The summed E-state index contributed by atoms with van der Waals surface area (Å²) in [5.74, 6) is 0.195. The van der Waals surface area contributed by atoms with E-state index in [2.05, 4.69) is 26.1 Å². The van der Waals surface area contributed by atoms with Crippen molar-refractivity contribution in [1.29, 1.82) is 0 Å². The molecular formula is C16H17N5O2. The van der Waals surface area contributed by atoms with Crippen molar-refractivity contribution in [3.05, 3.63) is 42.1 Å². The van der Waals surface area contributed by atoms with Crippen molar-refractivity contribution in [1.82, 2.24) is 15.5 Å². The van der Waals surface area contributed by atoms with Gasteiger partial charge in [-0.2, -0.15) is 0 Å². The van der Waals surface area contributed by atoms with Crippen LogP contribution < -0.4 is 16.0 Å². The van der Waals surface area contributed by atoms with Crippen molar-refractivity contribution in [2.24, 2.45) is 0 Å². The molecule has 2 amide bonds. The molecule has 1 aliphatic carbocycles. The van der Waals surface area contributed by atoms with Gasteiger partial charge in [0.25, 0.3) is 5.91 Å². The molecule has 1 aromatic heterocycles. The number of carbonyl (C=O) groups excluding carboxylic acids is 2. The Hall–Kier alpha value is -2.96. The average molecular weight is 311 g/mol. The third-order valence-electron chi connectivity index (χ3n) is 3.27. The molecule has 0 saturated heterocycles. The van der Waals surface area contributed by atoms with Crippen LogP contribution in [0.15, 0.2) is 36.4 Å². The first-order valence-electron chi connectivity index (χ1n) is 7.39. The van der Waals surface area contributed by atoms with Crippen molar-refractivity contribution in [2.75, 3.05) is 10.6 Å². The number of hydrogen-bond donors (Lipinski definition) is 3. The molecule has 0 spiro atoms. The van der Waals surface area contributed by atoms with E-state index in [4.69, 9.17) is 0 Å². The normalized spacial score (nSPS) is 13.3. The van der Waals surface area contributed by atoms with Gasteiger partial charge in [-0.1, -0.05) is 6.07 Å². The summed E-state index contributed by atoms with van der Waals surface area (Å²) in [5, 5.41) is 16.6. The lowest BCUT2D eigenvalue weighted by atomic mass is 10.2. The Kier molecular flexibility index (Phi) is 4.18. The lowest BCUT2D eigenvalue weighted by Gasteiger charge is -2.08. The van der Waals surface area contributed by atoms with Gasteiger partial charge in [-0.3, -0.25) is 9.59 Å². The van der Waals surface area contributed by atoms with Crippen molar-refractivity contribution < 1.29 is 9.59 Å². The van der Waals surface area contributed by atoms with Crippen LogP contribution in [0.3, 0.4) is 0 Å². The number of carbonyl (C=O) groups is 2. The smallest absolute Gasteiger partial charge is 0.272 e. The number of aromatic nitrogens is 2. The standard InChI is InChI=1S/C16H17N5O2/c1-10(22)17-12-3-2-4-13(9-12)18-15-8-7-14(20-21-15)16(23)19-11-5-6-11/h2-4,7-9,11H,5-6H2,1H3,(H,17,22)(H,18,21)(H,19,23). The summed E-state index contributed by atoms with van der Waals surface area (Å²) in [5.41, 5.74) is 1.76. The summed E-state index contributed by atoms with van der Waals surface area (Å²) in [6.45, 7) is 1.46. The van der Waals surface area contributed by atoms with Gasteiger partial charge in [-0.15, -0.1) is 10.2 Å². The molecule has 118 valence electrons. The van der Waals surface area contributed by atoms with Crippen LogP contribution in [0, 0.1) is 0 Å². The molecule has 1 aromatic carbocycles. The number of rotatable bonds is 5. The Morgan fingerprint density at radius 2 is 1.87 bits per heavy atom. The highest BCUT2D eigenvalue weighted by Crippen LogP contribution is 2.20. The van der Waals surface area contributed by atoms with Crippen LogP contribution >= 0.6 is 0 Å². The quantitative estimate of drug-likeness (QED) is 0.785. The minimum absolute atomic E-state index is 0.132. The molecule has 23 heavy (non-hydrogen) atoms. The Morgan fingerprint density at radius 1 is 1.09 bits per heavy atom. The molecule has 1 fully saturated rings. The minimum Gasteiger partial charge on any atom is -0.348 e. The van der Waals surface area contributed by atoms with Gasteiger partial charge in [0.1, 0.15) is 0 Å². The van der Waals surface area contributed by atoms with Gasteiger partial charge in [0.05, 0.1) is 0 Å². The predicted octanol–water partition coefficient (Wildman–Crippen LogP) is 2.07. The maximum absolute atomic E-state index is 11.8. The third-order valence-corrected chi connectivity index (χ3v) is 3.27. The van der Waals surface area contributed by atoms with Crippen LogP contribution in [-0.4, -0.2) is 28.1 Å². The largest absolute Gasteiger partial charge is 0.348 e. The molecule has 0 aliphatic heterocycles. The Morgan fingerprint density at radius 3 is 2.52 bits per heavy atom. The second-order valence-electron chi connectivity index (χ2n) is 5.44. The predicted molar refractivity (Wildman–Crippen MR) is 86.5 cm³/mol. The highest BCUT2D eigenvalue weighted by molar-refractivity contribution is 5.92. The Labute approximate surface area is 133 Å². The van der Waals surface area contributed by atoms with Crippen LogP contribution in [0.1, 0.15) is 30.3 Å². The zero-order chi connectivity index (χ0) is 16.2. The fraction of sp³-hybridized carbons (Fsp3) is 0.250. The van der Waals surface area contributed by atoms with E-state index in [1.165, 1.54) is 6.92 Å². The van der Waals surface area contributed by atoms with Crippen LogP contribution in [-0.2, 0) is 4.79 Å². The molecule has 0 atom stereocenters. The highest BCUT2D eigenvalue weighted by atomic mass is 16.2. The molecule has 0 radical (unpaired) electrons. The molecule has 0 bridgehead atoms. The first kappa shape index (κ1) is 15.0. The van der Waals surface area contributed by atoms with E-state index in [0.29, 0.717) is 23.2 Å². The first-order chi connectivity index (χ1) is 11.1. The number of nitrogens with one attached hydrogen (secondary N) is 3. The van der Waals surface area contributed by atoms with Crippen LogP contribution in [0.25, 0.3) is 0 Å². The lowest BCUT2D eigenvalue weighted by Crippen LogP contribution is -2.26. The van der Waals surface area contributed by atoms with Crippen molar-refractivity contribution >= 4 is 29.0 Å². The van der Waals surface area contributed by atoms with Gasteiger partial charge in [-0.25, -0.2) is 0 Å². The number of amides is 2. The minimum atomic E-state index is -0.195. The van der Waals surface area contributed by atoms with Crippen LogP contribution in [0.2, 0.25) is 0 Å². The molecule has 3 rings (SSSR count). The van der Waals surface area contributed by atoms with Crippen LogP contribution in [0.4, 0.5) is 17.2 Å². The molecule has 7 heteroatoms. The maximum atomic E-state index is 11.8. The van der Waals surface area contributed by atoms with E-state index >= 15 is 0 Å². The van der Waals surface area contributed by atoms with E-state index in [-0.39, 0.29) is 11.8 Å². The number of benzene rings is 1. The van der Waals surface area contributed by atoms with Gasteiger partial charge in [0, 0.05) is 24.3 Å². The maximum Gasteiger partial charge on any atom is 0.272 e. The molecular weight excluding hydrogens is 294 g/mol. The fourth-order valence-corrected chi connectivity index (χ4v) is 2.03. The van der Waals surface area contributed by atoms with Crippen molar-refractivity contribution in [2.45, 2.75) is 25.8 Å².